The Morgan fingerprint density at radius 3 is 2.88 bits per heavy atom. The van der Waals surface area contributed by atoms with E-state index in [9.17, 15) is 4.79 Å². The summed E-state index contributed by atoms with van der Waals surface area (Å²) >= 11 is 0. The lowest BCUT2D eigenvalue weighted by molar-refractivity contribution is -0.131. The molecule has 0 saturated carbocycles. The summed E-state index contributed by atoms with van der Waals surface area (Å²) in [6.45, 7) is 5.39. The topological polar surface area (TPSA) is 58.1 Å². The fourth-order valence-electron chi connectivity index (χ4n) is 3.04. The van der Waals surface area contributed by atoms with Crippen molar-refractivity contribution in [2.45, 2.75) is 26.3 Å². The molecule has 24 heavy (non-hydrogen) atoms. The molecule has 3 rings (SSSR count). The summed E-state index contributed by atoms with van der Waals surface area (Å²) in [6, 6.07) is 7.88. The molecule has 1 aliphatic rings. The van der Waals surface area contributed by atoms with Crippen LogP contribution in [0.25, 0.3) is 0 Å². The van der Waals surface area contributed by atoms with Crippen molar-refractivity contribution in [3.8, 4) is 0 Å². The van der Waals surface area contributed by atoms with Crippen LogP contribution in [0.4, 0.5) is 0 Å². The van der Waals surface area contributed by atoms with E-state index in [1.54, 1.807) is 12.4 Å². The molecule has 0 spiro atoms. The highest BCUT2D eigenvalue weighted by Crippen LogP contribution is 2.14. The van der Waals surface area contributed by atoms with Crippen molar-refractivity contribution in [2.24, 2.45) is 5.92 Å². The molecule has 2 aromatic rings. The van der Waals surface area contributed by atoms with Gasteiger partial charge < -0.3 is 10.2 Å². The van der Waals surface area contributed by atoms with Crippen molar-refractivity contribution in [3.05, 3.63) is 59.7 Å². The molecule has 1 atom stereocenters. The third-order valence-corrected chi connectivity index (χ3v) is 4.42. The quantitative estimate of drug-likeness (QED) is 0.882. The van der Waals surface area contributed by atoms with Crippen LogP contribution in [0.3, 0.4) is 0 Å². The maximum Gasteiger partial charge on any atom is 0.227 e. The summed E-state index contributed by atoms with van der Waals surface area (Å²) in [4.78, 5) is 23.3. The molecule has 1 aliphatic heterocycles. The molecular formula is C19H24N4O. The van der Waals surface area contributed by atoms with Gasteiger partial charge >= 0.3 is 0 Å². The molecule has 1 saturated heterocycles. The van der Waals surface area contributed by atoms with E-state index in [1.165, 1.54) is 0 Å². The first-order valence-corrected chi connectivity index (χ1v) is 8.49. The van der Waals surface area contributed by atoms with Crippen LogP contribution < -0.4 is 5.32 Å². The number of pyridine rings is 2. The van der Waals surface area contributed by atoms with Crippen LogP contribution in [0, 0.1) is 12.8 Å². The standard InChI is InChI=1S/C19H24N4O/c1-15-4-5-16(12-22-15)9-19(24)23(14-18-6-8-21-11-18)13-17-3-2-7-20-10-17/h2-5,7,10,12,18,21H,6,8-9,11,13-14H2,1H3/t18-/m1/s1. The van der Waals surface area contributed by atoms with Crippen molar-refractivity contribution < 1.29 is 4.79 Å². The van der Waals surface area contributed by atoms with Crippen molar-refractivity contribution in [2.75, 3.05) is 19.6 Å². The molecular weight excluding hydrogens is 300 g/mol. The van der Waals surface area contributed by atoms with Crippen LogP contribution in [-0.2, 0) is 17.8 Å². The number of aromatic nitrogens is 2. The summed E-state index contributed by atoms with van der Waals surface area (Å²) in [5.41, 5.74) is 3.00. The van der Waals surface area contributed by atoms with E-state index in [0.717, 1.165) is 42.9 Å². The zero-order valence-corrected chi connectivity index (χ0v) is 14.1. The first-order chi connectivity index (χ1) is 11.7. The second-order valence-electron chi connectivity index (χ2n) is 6.48. The Labute approximate surface area is 143 Å². The van der Waals surface area contributed by atoms with Gasteiger partial charge in [-0.1, -0.05) is 12.1 Å². The number of carbonyl (C=O) groups excluding carboxylic acids is 1. The highest BCUT2D eigenvalue weighted by atomic mass is 16.2. The molecule has 2 aromatic heterocycles. The van der Waals surface area contributed by atoms with E-state index in [0.29, 0.717) is 18.9 Å². The van der Waals surface area contributed by atoms with Crippen LogP contribution >= 0.6 is 0 Å². The SMILES string of the molecule is Cc1ccc(CC(=O)N(Cc2cccnc2)C[C@@H]2CCNC2)cn1. The smallest absolute Gasteiger partial charge is 0.227 e. The summed E-state index contributed by atoms with van der Waals surface area (Å²) in [6.07, 6.45) is 6.92. The average molecular weight is 324 g/mol. The number of hydrogen-bond acceptors (Lipinski definition) is 4. The molecule has 0 bridgehead atoms. The lowest BCUT2D eigenvalue weighted by Crippen LogP contribution is -2.36. The molecule has 5 nitrogen and oxygen atoms in total. The van der Waals surface area contributed by atoms with Crippen LogP contribution in [-0.4, -0.2) is 40.4 Å². The zero-order chi connectivity index (χ0) is 16.8. The molecule has 0 unspecified atom stereocenters. The zero-order valence-electron chi connectivity index (χ0n) is 14.1. The van der Waals surface area contributed by atoms with Crippen molar-refractivity contribution in [1.29, 1.82) is 0 Å². The third kappa shape index (κ3) is 4.61. The van der Waals surface area contributed by atoms with Gasteiger partial charge in [0.15, 0.2) is 0 Å². The lowest BCUT2D eigenvalue weighted by atomic mass is 10.1. The number of nitrogens with zero attached hydrogens (tertiary/aromatic N) is 3. The molecule has 1 fully saturated rings. The molecule has 0 aromatic carbocycles. The Bertz CT molecular complexity index is 651. The molecule has 3 heterocycles. The van der Waals surface area contributed by atoms with Gasteiger partial charge in [-0.2, -0.15) is 0 Å². The van der Waals surface area contributed by atoms with Crippen LogP contribution in [0.15, 0.2) is 42.9 Å². The van der Waals surface area contributed by atoms with Gasteiger partial charge in [0.25, 0.3) is 0 Å². The number of carbonyl (C=O) groups is 1. The lowest BCUT2D eigenvalue weighted by Gasteiger charge is -2.25. The summed E-state index contributed by atoms with van der Waals surface area (Å²) in [5.74, 6) is 0.679. The maximum absolute atomic E-state index is 12.8. The number of nitrogens with one attached hydrogen (secondary N) is 1. The fraction of sp³-hybridized carbons (Fsp3) is 0.421. The average Bonchev–Trinajstić information content (AvgIpc) is 3.10. The van der Waals surface area contributed by atoms with Crippen LogP contribution in [0.5, 0.6) is 0 Å². The largest absolute Gasteiger partial charge is 0.338 e. The molecule has 0 radical (unpaired) electrons. The van der Waals surface area contributed by atoms with Gasteiger partial charge in [0.1, 0.15) is 0 Å². The minimum absolute atomic E-state index is 0.149. The Kier molecular flexibility index (Phi) is 5.54. The Morgan fingerprint density at radius 1 is 1.29 bits per heavy atom. The van der Waals surface area contributed by atoms with Crippen LogP contribution in [0.2, 0.25) is 0 Å². The number of hydrogen-bond donors (Lipinski definition) is 1. The first kappa shape index (κ1) is 16.6. The number of aryl methyl sites for hydroxylation is 1. The second-order valence-corrected chi connectivity index (χ2v) is 6.48. The predicted molar refractivity (Wildman–Crippen MR) is 93.3 cm³/mol. The van der Waals surface area contributed by atoms with Gasteiger partial charge in [-0.25, -0.2) is 0 Å². The molecule has 1 amide bonds. The molecule has 126 valence electrons. The van der Waals surface area contributed by atoms with E-state index in [-0.39, 0.29) is 5.91 Å². The normalized spacial score (nSPS) is 17.0. The van der Waals surface area contributed by atoms with E-state index >= 15 is 0 Å². The van der Waals surface area contributed by atoms with Crippen molar-refractivity contribution in [3.63, 3.8) is 0 Å². The maximum atomic E-state index is 12.8. The minimum atomic E-state index is 0.149. The van der Waals surface area contributed by atoms with Gasteiger partial charge in [-0.05, 0) is 55.6 Å². The fourth-order valence-corrected chi connectivity index (χ4v) is 3.04. The van der Waals surface area contributed by atoms with Gasteiger partial charge in [-0.15, -0.1) is 0 Å². The van der Waals surface area contributed by atoms with Crippen LogP contribution in [0.1, 0.15) is 23.2 Å². The second kappa shape index (κ2) is 8.02. The van der Waals surface area contributed by atoms with Crippen molar-refractivity contribution >= 4 is 5.91 Å². The number of amides is 1. The number of rotatable bonds is 6. The predicted octanol–water partition coefficient (Wildman–Crippen LogP) is 1.97. The van der Waals surface area contributed by atoms with Gasteiger partial charge in [0.05, 0.1) is 6.42 Å². The van der Waals surface area contributed by atoms with E-state index in [2.05, 4.69) is 15.3 Å². The first-order valence-electron chi connectivity index (χ1n) is 8.49. The van der Waals surface area contributed by atoms with E-state index in [1.807, 2.05) is 42.3 Å². The van der Waals surface area contributed by atoms with E-state index < -0.39 is 0 Å². The van der Waals surface area contributed by atoms with Gasteiger partial charge in [0, 0.05) is 37.4 Å². The highest BCUT2D eigenvalue weighted by Gasteiger charge is 2.22. The minimum Gasteiger partial charge on any atom is -0.338 e. The van der Waals surface area contributed by atoms with Gasteiger partial charge in [-0.3, -0.25) is 14.8 Å². The highest BCUT2D eigenvalue weighted by molar-refractivity contribution is 5.78. The molecule has 1 N–H and O–H groups in total. The summed E-state index contributed by atoms with van der Waals surface area (Å²) < 4.78 is 0. The van der Waals surface area contributed by atoms with Gasteiger partial charge in [0.2, 0.25) is 5.91 Å². The Balaban J connectivity index is 1.69. The monoisotopic (exact) mass is 324 g/mol. The summed E-state index contributed by atoms with van der Waals surface area (Å²) in [7, 11) is 0. The summed E-state index contributed by atoms with van der Waals surface area (Å²) in [5, 5.41) is 3.38. The Morgan fingerprint density at radius 2 is 2.21 bits per heavy atom. The Hall–Kier alpha value is -2.27. The molecule has 0 aliphatic carbocycles. The van der Waals surface area contributed by atoms with Crippen molar-refractivity contribution in [1.82, 2.24) is 20.2 Å². The molecule has 5 heteroatoms. The third-order valence-electron chi connectivity index (χ3n) is 4.42. The van der Waals surface area contributed by atoms with E-state index in [4.69, 9.17) is 0 Å².